The Bertz CT molecular complexity index is 715. The molecule has 0 aliphatic heterocycles. The molecule has 1 aromatic rings. The minimum absolute atomic E-state index is 0.116. The number of allylic oxidation sites excluding steroid dienone is 3. The van der Waals surface area contributed by atoms with Crippen LogP contribution in [-0.2, 0) is 11.2 Å². The molecule has 1 aromatic carbocycles. The Morgan fingerprint density at radius 2 is 1.93 bits per heavy atom. The van der Waals surface area contributed by atoms with Crippen molar-refractivity contribution in [3.8, 4) is 11.5 Å². The Labute approximate surface area is 164 Å². The van der Waals surface area contributed by atoms with Crippen LogP contribution in [0.25, 0.3) is 0 Å². The molecular formula is C24H34O3. The van der Waals surface area contributed by atoms with Gasteiger partial charge >= 0.3 is 5.97 Å². The van der Waals surface area contributed by atoms with Crippen molar-refractivity contribution in [3.05, 3.63) is 47.1 Å². The van der Waals surface area contributed by atoms with Gasteiger partial charge in [-0.1, -0.05) is 43.6 Å². The van der Waals surface area contributed by atoms with Crippen LogP contribution in [0.2, 0.25) is 0 Å². The van der Waals surface area contributed by atoms with Crippen LogP contribution in [-0.4, -0.2) is 13.1 Å². The van der Waals surface area contributed by atoms with E-state index in [4.69, 9.17) is 9.47 Å². The highest BCUT2D eigenvalue weighted by Gasteiger charge is 2.31. The third-order valence-electron chi connectivity index (χ3n) is 5.42. The highest BCUT2D eigenvalue weighted by atomic mass is 16.5. The van der Waals surface area contributed by atoms with Gasteiger partial charge in [0.2, 0.25) is 0 Å². The summed E-state index contributed by atoms with van der Waals surface area (Å²) >= 11 is 0. The summed E-state index contributed by atoms with van der Waals surface area (Å²) in [5.41, 5.74) is 4.65. The maximum atomic E-state index is 11.8. The summed E-state index contributed by atoms with van der Waals surface area (Å²) in [4.78, 5) is 11.8. The highest BCUT2D eigenvalue weighted by molar-refractivity contribution is 5.71. The lowest BCUT2D eigenvalue weighted by Gasteiger charge is -2.32. The lowest BCUT2D eigenvalue weighted by Crippen LogP contribution is -2.19. The molecule has 0 saturated carbocycles. The first-order chi connectivity index (χ1) is 12.9. The summed E-state index contributed by atoms with van der Waals surface area (Å²) in [7, 11) is 1.70. The monoisotopic (exact) mass is 370 g/mol. The van der Waals surface area contributed by atoms with Gasteiger partial charge in [0, 0.05) is 18.4 Å². The lowest BCUT2D eigenvalue weighted by atomic mass is 9.73. The Morgan fingerprint density at radius 3 is 2.52 bits per heavy atom. The van der Waals surface area contributed by atoms with E-state index in [9.17, 15) is 4.79 Å². The molecule has 0 fully saturated rings. The predicted octanol–water partition coefficient (Wildman–Crippen LogP) is 6.37. The second-order valence-corrected chi connectivity index (χ2v) is 7.79. The van der Waals surface area contributed by atoms with Crippen LogP contribution in [0.4, 0.5) is 0 Å². The number of aryl methyl sites for hydroxylation is 1. The van der Waals surface area contributed by atoms with Crippen molar-refractivity contribution in [2.45, 2.75) is 72.1 Å². The topological polar surface area (TPSA) is 35.5 Å². The Kier molecular flexibility index (Phi) is 7.70. The van der Waals surface area contributed by atoms with Crippen molar-refractivity contribution in [1.29, 1.82) is 0 Å². The fourth-order valence-electron chi connectivity index (χ4n) is 4.02. The molecule has 148 valence electrons. The van der Waals surface area contributed by atoms with Gasteiger partial charge in [0.25, 0.3) is 0 Å². The van der Waals surface area contributed by atoms with Gasteiger partial charge in [-0.05, 0) is 63.1 Å². The van der Waals surface area contributed by atoms with Crippen LogP contribution < -0.4 is 9.47 Å². The largest absolute Gasteiger partial charge is 0.496 e. The number of hydrogen-bond donors (Lipinski definition) is 0. The minimum Gasteiger partial charge on any atom is -0.496 e. The maximum absolute atomic E-state index is 11.8. The summed E-state index contributed by atoms with van der Waals surface area (Å²) in [6.45, 7) is 12.1. The Morgan fingerprint density at radius 1 is 1.22 bits per heavy atom. The number of benzene rings is 1. The van der Waals surface area contributed by atoms with Gasteiger partial charge in [0.05, 0.1) is 7.11 Å². The van der Waals surface area contributed by atoms with Crippen molar-refractivity contribution in [3.63, 3.8) is 0 Å². The normalized spacial score (nSPS) is 19.4. The zero-order chi connectivity index (χ0) is 20.0. The summed E-state index contributed by atoms with van der Waals surface area (Å²) < 4.78 is 11.5. The van der Waals surface area contributed by atoms with Crippen molar-refractivity contribution in [2.75, 3.05) is 7.11 Å². The summed E-state index contributed by atoms with van der Waals surface area (Å²) in [5.74, 6) is 1.58. The van der Waals surface area contributed by atoms with Crippen molar-refractivity contribution >= 4 is 5.97 Å². The molecule has 0 aromatic heterocycles. The lowest BCUT2D eigenvalue weighted by molar-refractivity contribution is -0.131. The van der Waals surface area contributed by atoms with E-state index in [-0.39, 0.29) is 11.9 Å². The van der Waals surface area contributed by atoms with Gasteiger partial charge in [-0.25, -0.2) is 0 Å². The number of ether oxygens (including phenoxy) is 2. The Hall–Kier alpha value is -2.03. The van der Waals surface area contributed by atoms with Gasteiger partial charge in [0.1, 0.15) is 11.5 Å². The molecule has 0 N–H and O–H groups in total. The number of carbonyl (C=O) groups excluding carboxylic acids is 1. The molecule has 0 amide bonds. The van der Waals surface area contributed by atoms with Crippen LogP contribution in [0, 0.1) is 5.92 Å². The standard InChI is InChI=1S/C24H34O3/c1-7-8-9-10-19-14-22(26-6)24(23(15-19)27-18(5)25)21-13-17(4)11-12-20(21)16(2)3/h13-15,20-21H,2,7-12H2,1,3-6H3/t20-,21+/m0/s1. The third-order valence-corrected chi connectivity index (χ3v) is 5.42. The van der Waals surface area contributed by atoms with E-state index >= 15 is 0 Å². The smallest absolute Gasteiger partial charge is 0.308 e. The molecule has 0 heterocycles. The number of hydrogen-bond acceptors (Lipinski definition) is 3. The first kappa shape index (κ1) is 21.3. The molecule has 0 unspecified atom stereocenters. The number of methoxy groups -OCH3 is 1. The molecule has 1 aliphatic carbocycles. The Balaban J connectivity index is 2.55. The second kappa shape index (κ2) is 9.77. The SMILES string of the molecule is C=C(C)[C@@H]1CCC(C)=C[C@H]1c1c(OC)cc(CCCCC)cc1OC(C)=O. The van der Waals surface area contributed by atoms with E-state index in [1.54, 1.807) is 7.11 Å². The number of carbonyl (C=O) groups is 1. The molecule has 0 bridgehead atoms. The fourth-order valence-corrected chi connectivity index (χ4v) is 4.02. The van der Waals surface area contributed by atoms with Gasteiger partial charge in [-0.2, -0.15) is 0 Å². The quantitative estimate of drug-likeness (QED) is 0.231. The van der Waals surface area contributed by atoms with E-state index in [1.165, 1.54) is 25.3 Å². The molecule has 3 nitrogen and oxygen atoms in total. The van der Waals surface area contributed by atoms with Gasteiger partial charge < -0.3 is 9.47 Å². The van der Waals surface area contributed by atoms with E-state index < -0.39 is 0 Å². The van der Waals surface area contributed by atoms with Crippen molar-refractivity contribution < 1.29 is 14.3 Å². The average molecular weight is 371 g/mol. The van der Waals surface area contributed by atoms with Gasteiger partial charge in [-0.15, -0.1) is 0 Å². The van der Waals surface area contributed by atoms with Gasteiger partial charge in [0.15, 0.2) is 0 Å². The summed E-state index contributed by atoms with van der Waals surface area (Å²) in [5, 5.41) is 0. The van der Waals surface area contributed by atoms with E-state index in [2.05, 4.69) is 39.5 Å². The van der Waals surface area contributed by atoms with Gasteiger partial charge in [-0.3, -0.25) is 4.79 Å². The molecule has 0 radical (unpaired) electrons. The average Bonchev–Trinajstić information content (AvgIpc) is 2.60. The van der Waals surface area contributed by atoms with Crippen LogP contribution in [0.3, 0.4) is 0 Å². The highest BCUT2D eigenvalue weighted by Crippen LogP contribution is 2.47. The van der Waals surface area contributed by atoms with E-state index in [1.807, 2.05) is 6.07 Å². The number of rotatable bonds is 8. The zero-order valence-corrected chi connectivity index (χ0v) is 17.6. The molecule has 1 aliphatic rings. The van der Waals surface area contributed by atoms with E-state index in [0.29, 0.717) is 11.7 Å². The fraction of sp³-hybridized carbons (Fsp3) is 0.542. The van der Waals surface area contributed by atoms with E-state index in [0.717, 1.165) is 48.1 Å². The van der Waals surface area contributed by atoms with Crippen LogP contribution >= 0.6 is 0 Å². The number of esters is 1. The second-order valence-electron chi connectivity index (χ2n) is 7.79. The molecule has 2 atom stereocenters. The van der Waals surface area contributed by atoms with Crippen LogP contribution in [0.1, 0.15) is 76.8 Å². The van der Waals surface area contributed by atoms with Crippen LogP contribution in [0.15, 0.2) is 35.9 Å². The molecule has 3 heteroatoms. The maximum Gasteiger partial charge on any atom is 0.308 e. The summed E-state index contributed by atoms with van der Waals surface area (Å²) in [6, 6.07) is 4.15. The molecule has 0 saturated heterocycles. The first-order valence-corrected chi connectivity index (χ1v) is 10.1. The first-order valence-electron chi connectivity index (χ1n) is 10.1. The molecular weight excluding hydrogens is 336 g/mol. The molecule has 0 spiro atoms. The number of unbranched alkanes of at least 4 members (excludes halogenated alkanes) is 2. The van der Waals surface area contributed by atoms with Crippen molar-refractivity contribution in [2.24, 2.45) is 5.92 Å². The summed E-state index contributed by atoms with van der Waals surface area (Å²) in [6.07, 6.45) is 8.88. The van der Waals surface area contributed by atoms with Crippen molar-refractivity contribution in [1.82, 2.24) is 0 Å². The van der Waals surface area contributed by atoms with Crippen LogP contribution in [0.5, 0.6) is 11.5 Å². The third kappa shape index (κ3) is 5.47. The molecule has 2 rings (SSSR count). The zero-order valence-electron chi connectivity index (χ0n) is 17.6. The predicted molar refractivity (Wildman–Crippen MR) is 112 cm³/mol. The molecule has 27 heavy (non-hydrogen) atoms. The minimum atomic E-state index is -0.299.